The molecule has 0 saturated carbocycles. The quantitative estimate of drug-likeness (QED) is 0.425. The smallest absolute Gasteiger partial charge is 0.870 e. The molecule has 0 rings (SSSR count). The van der Waals surface area contributed by atoms with Crippen LogP contribution in [-0.2, 0) is 4.74 Å². The minimum Gasteiger partial charge on any atom is -0.870 e. The summed E-state index contributed by atoms with van der Waals surface area (Å²) in [5.74, 6) is 0. The molecule has 0 aromatic heterocycles. The molecule has 0 unspecified atom stereocenters. The zero-order valence-electron chi connectivity index (χ0n) is 8.80. The summed E-state index contributed by atoms with van der Waals surface area (Å²) in [6.45, 7) is 7.49. The second-order valence-electron chi connectivity index (χ2n) is 2.54. The van der Waals surface area contributed by atoms with Crippen LogP contribution in [0, 0.1) is 11.3 Å². The fourth-order valence-electron chi connectivity index (χ4n) is 0. The molecule has 5 heteroatoms. The Kier molecular flexibility index (Phi) is 43.7. The average molecular weight is 203 g/mol. The van der Waals surface area contributed by atoms with E-state index >= 15 is 0 Å². The van der Waals surface area contributed by atoms with Crippen molar-refractivity contribution >= 4 is 0 Å². The molecule has 0 aromatic rings. The van der Waals surface area contributed by atoms with Crippen LogP contribution in [0.4, 0.5) is 0 Å². The summed E-state index contributed by atoms with van der Waals surface area (Å²) in [5, 5.41) is 7.32. The average Bonchev–Trinajstić information content (AvgIpc) is 1.67. The molecule has 0 aliphatic carbocycles. The molecule has 3 N–H and O–H groups in total. The molecule has 0 amide bonds. The van der Waals surface area contributed by atoms with Gasteiger partial charge in [0.25, 0.3) is 0 Å². The molecule has 0 heterocycles. The van der Waals surface area contributed by atoms with E-state index in [2.05, 4.69) is 0 Å². The Labute approximate surface area is 117 Å². The van der Waals surface area contributed by atoms with Crippen LogP contribution in [0.15, 0.2) is 0 Å². The Morgan fingerprint density at radius 3 is 1.33 bits per heavy atom. The Bertz CT molecular complexity index is 95.8. The van der Waals surface area contributed by atoms with Gasteiger partial charge in [-0.25, -0.2) is 0 Å². The number of ether oxygens (including phenoxy) is 1. The molecule has 0 aliphatic heterocycles. The summed E-state index contributed by atoms with van der Waals surface area (Å²) in [4.78, 5) is 0. The van der Waals surface area contributed by atoms with Gasteiger partial charge in [0.2, 0.25) is 0 Å². The first-order valence-corrected chi connectivity index (χ1v) is 2.84. The molecule has 0 aromatic carbocycles. The monoisotopic (exact) mass is 203 g/mol. The molecule has 0 aliphatic rings. The minimum absolute atomic E-state index is 0. The normalized spacial score (nSPS) is 6.67. The van der Waals surface area contributed by atoms with Crippen molar-refractivity contribution in [2.75, 3.05) is 7.11 Å². The van der Waals surface area contributed by atoms with Crippen molar-refractivity contribution in [3.8, 4) is 6.07 Å². The Morgan fingerprint density at radius 1 is 1.25 bits per heavy atom. The van der Waals surface area contributed by atoms with Gasteiger partial charge in [-0.15, -0.1) is 0 Å². The van der Waals surface area contributed by atoms with Crippen molar-refractivity contribution in [2.24, 2.45) is 0 Å². The van der Waals surface area contributed by atoms with Crippen molar-refractivity contribution in [3.63, 3.8) is 0 Å². The van der Waals surface area contributed by atoms with Crippen molar-refractivity contribution in [1.82, 2.24) is 0 Å². The predicted octanol–water partition coefficient (Wildman–Crippen LogP) is -2.04. The van der Waals surface area contributed by atoms with Crippen LogP contribution in [0.2, 0.25) is 0 Å². The fourth-order valence-corrected chi connectivity index (χ4v) is 0. The van der Waals surface area contributed by atoms with Gasteiger partial charge in [-0.05, 0) is 20.8 Å². The maximum atomic E-state index is 7.32. The Balaban J connectivity index is -0.0000000246. The molecule has 0 radical (unpaired) electrons. The molecule has 4 nitrogen and oxygen atoms in total. The van der Waals surface area contributed by atoms with Gasteiger partial charge in [-0.3, -0.25) is 0 Å². The van der Waals surface area contributed by atoms with Crippen LogP contribution in [0.3, 0.4) is 0 Å². The zero-order chi connectivity index (χ0) is 7.91. The molecule has 12 heavy (non-hydrogen) atoms. The molecule has 70 valence electrons. The summed E-state index contributed by atoms with van der Waals surface area (Å²) >= 11 is 0. The molecule has 0 atom stereocenters. The maximum absolute atomic E-state index is 7.32. The van der Waals surface area contributed by atoms with Crippen LogP contribution < -0.4 is 51.4 Å². The van der Waals surface area contributed by atoms with E-state index in [4.69, 9.17) is 10.00 Å². The van der Waals surface area contributed by atoms with Gasteiger partial charge in [0.05, 0.1) is 11.7 Å². The van der Waals surface area contributed by atoms with E-state index in [9.17, 15) is 0 Å². The summed E-state index contributed by atoms with van der Waals surface area (Å²) in [6.07, 6.45) is 0. The number of nitrogens with zero attached hydrogens (tertiary/aromatic N) is 1. The first-order valence-electron chi connectivity index (χ1n) is 2.84. The second kappa shape index (κ2) is 17.9. The minimum atomic E-state index is 0. The van der Waals surface area contributed by atoms with E-state index in [-0.39, 0.29) is 67.9 Å². The van der Waals surface area contributed by atoms with E-state index in [1.54, 1.807) is 13.2 Å². The van der Waals surface area contributed by atoms with E-state index in [0.29, 0.717) is 0 Å². The van der Waals surface area contributed by atoms with Crippen LogP contribution >= 0.6 is 0 Å². The van der Waals surface area contributed by atoms with Crippen LogP contribution in [0.25, 0.3) is 0 Å². The third-order valence-electron chi connectivity index (χ3n) is 0.612. The number of hydrogen-bond acceptors (Lipinski definition) is 3. The van der Waals surface area contributed by atoms with Gasteiger partial charge in [0, 0.05) is 14.0 Å². The molecule has 0 bridgehead atoms. The predicted molar refractivity (Wildman–Crippen MR) is 43.6 cm³/mol. The largest absolute Gasteiger partial charge is 1.00 e. The van der Waals surface area contributed by atoms with Crippen molar-refractivity contribution in [2.45, 2.75) is 33.3 Å². The second-order valence-corrected chi connectivity index (χ2v) is 2.54. The van der Waals surface area contributed by atoms with Gasteiger partial charge in [0.15, 0.2) is 0 Å². The third-order valence-corrected chi connectivity index (χ3v) is 0.612. The number of nitriles is 1. The number of methoxy groups -OCH3 is 1. The Hall–Kier alpha value is 1.01. The fraction of sp³-hybridized carbons (Fsp3) is 0.857. The van der Waals surface area contributed by atoms with Gasteiger partial charge in [-0.1, -0.05) is 0 Å². The summed E-state index contributed by atoms with van der Waals surface area (Å²) in [6, 6.07) is 1.75. The van der Waals surface area contributed by atoms with Gasteiger partial charge >= 0.3 is 51.4 Å². The van der Waals surface area contributed by atoms with Crippen molar-refractivity contribution < 1.29 is 67.1 Å². The summed E-state index contributed by atoms with van der Waals surface area (Å²) < 4.78 is 4.94. The third kappa shape index (κ3) is 68.7. The summed E-state index contributed by atoms with van der Waals surface area (Å²) in [5.41, 5.74) is 0.0417. The van der Waals surface area contributed by atoms with Gasteiger partial charge in [-0.2, -0.15) is 5.26 Å². The Morgan fingerprint density at radius 2 is 1.33 bits per heavy atom. The van der Waals surface area contributed by atoms with E-state index in [1.165, 1.54) is 6.92 Å². The van der Waals surface area contributed by atoms with Crippen molar-refractivity contribution in [3.05, 3.63) is 0 Å². The topological polar surface area (TPSA) is 94.5 Å². The van der Waals surface area contributed by atoms with Crippen molar-refractivity contribution in [1.29, 1.82) is 5.26 Å². The van der Waals surface area contributed by atoms with E-state index in [0.717, 1.165) is 0 Å². The van der Waals surface area contributed by atoms with Crippen LogP contribution in [-0.4, -0.2) is 23.7 Å². The molecule has 0 spiro atoms. The molecular weight excluding hydrogens is 185 g/mol. The first kappa shape index (κ1) is 29.2. The first-order chi connectivity index (χ1) is 3.97. The molecule has 0 fully saturated rings. The molecule has 0 saturated heterocycles. The zero-order valence-corrected chi connectivity index (χ0v) is 11.9. The standard InChI is InChI=1S/C5H12O.C2H3N.K.2H2O/c1-5(2,3)6-4;1-2-3;;;/h1-4H3;1H3;;2*1H2/q;;+1;;/p-1. The molecular formula is C7H18KNO3. The SMILES string of the molecule is CC#N.COC(C)(C)C.O.[K+].[OH-]. The van der Waals surface area contributed by atoms with E-state index in [1.807, 2.05) is 20.8 Å². The van der Waals surface area contributed by atoms with E-state index < -0.39 is 0 Å². The van der Waals surface area contributed by atoms with Crippen LogP contribution in [0.5, 0.6) is 0 Å². The van der Waals surface area contributed by atoms with Crippen LogP contribution in [0.1, 0.15) is 27.7 Å². The summed E-state index contributed by atoms with van der Waals surface area (Å²) in [7, 11) is 1.71. The van der Waals surface area contributed by atoms with Gasteiger partial charge < -0.3 is 15.7 Å². The maximum Gasteiger partial charge on any atom is 1.00 e. The number of rotatable bonds is 0. The van der Waals surface area contributed by atoms with Gasteiger partial charge in [0.1, 0.15) is 0 Å². The number of hydrogen-bond donors (Lipinski definition) is 0.